The zero-order valence-corrected chi connectivity index (χ0v) is 11.5. The van der Waals surface area contributed by atoms with Gasteiger partial charge in [-0.1, -0.05) is 23.7 Å². The summed E-state index contributed by atoms with van der Waals surface area (Å²) in [6, 6.07) is 9.24. The van der Waals surface area contributed by atoms with Crippen LogP contribution in [0.3, 0.4) is 0 Å². The molecular weight excluding hydrogens is 281 g/mol. The van der Waals surface area contributed by atoms with E-state index in [1.54, 1.807) is 18.2 Å². The molecule has 2 rings (SSSR count). The van der Waals surface area contributed by atoms with Crippen LogP contribution in [0.15, 0.2) is 36.4 Å². The monoisotopic (exact) mass is 293 g/mol. The molecule has 0 fully saturated rings. The third-order valence-electron chi connectivity index (χ3n) is 2.97. The molecule has 20 heavy (non-hydrogen) atoms. The number of anilines is 1. The predicted molar refractivity (Wildman–Crippen MR) is 76.9 cm³/mol. The van der Waals surface area contributed by atoms with Crippen molar-refractivity contribution in [1.82, 2.24) is 0 Å². The number of nitrogens with one attached hydrogen (secondary N) is 1. The summed E-state index contributed by atoms with van der Waals surface area (Å²) >= 11 is 5.69. The molecule has 2 aromatic carbocycles. The van der Waals surface area contributed by atoms with Crippen molar-refractivity contribution in [3.8, 4) is 0 Å². The summed E-state index contributed by atoms with van der Waals surface area (Å²) in [4.78, 5) is 10.9. The Morgan fingerprint density at radius 2 is 2.05 bits per heavy atom. The lowest BCUT2D eigenvalue weighted by Gasteiger charge is -2.11. The highest BCUT2D eigenvalue weighted by Crippen LogP contribution is 2.20. The number of hydrogen-bond donors (Lipinski definition) is 2. The van der Waals surface area contributed by atoms with E-state index in [2.05, 4.69) is 5.32 Å². The first kappa shape index (κ1) is 14.3. The summed E-state index contributed by atoms with van der Waals surface area (Å²) in [5, 5.41) is 12.3. The van der Waals surface area contributed by atoms with Gasteiger partial charge < -0.3 is 10.4 Å². The summed E-state index contributed by atoms with van der Waals surface area (Å²) in [6.07, 6.45) is 0. The van der Waals surface area contributed by atoms with Crippen molar-refractivity contribution >= 4 is 23.3 Å². The van der Waals surface area contributed by atoms with Crippen LogP contribution in [0.25, 0.3) is 0 Å². The van der Waals surface area contributed by atoms with Gasteiger partial charge in [0.25, 0.3) is 0 Å². The summed E-state index contributed by atoms with van der Waals surface area (Å²) in [6.45, 7) is 2.11. The maximum absolute atomic E-state index is 13.6. The fraction of sp³-hybridized carbons (Fsp3) is 0.133. The van der Waals surface area contributed by atoms with Gasteiger partial charge in [0.15, 0.2) is 0 Å². The van der Waals surface area contributed by atoms with E-state index < -0.39 is 11.8 Å². The van der Waals surface area contributed by atoms with Gasteiger partial charge in [-0.05, 0) is 36.8 Å². The van der Waals surface area contributed by atoms with E-state index in [4.69, 9.17) is 16.7 Å². The summed E-state index contributed by atoms with van der Waals surface area (Å²) < 4.78 is 13.6. The minimum absolute atomic E-state index is 0.190. The van der Waals surface area contributed by atoms with Gasteiger partial charge in [0, 0.05) is 22.8 Å². The number of carbonyl (C=O) groups is 1. The van der Waals surface area contributed by atoms with Crippen LogP contribution in [0.1, 0.15) is 21.5 Å². The second-order valence-corrected chi connectivity index (χ2v) is 4.86. The van der Waals surface area contributed by atoms with Crippen molar-refractivity contribution < 1.29 is 14.3 Å². The van der Waals surface area contributed by atoms with E-state index >= 15 is 0 Å². The molecule has 0 radical (unpaired) electrons. The maximum atomic E-state index is 13.6. The largest absolute Gasteiger partial charge is 0.478 e. The third kappa shape index (κ3) is 3.27. The van der Waals surface area contributed by atoms with E-state index in [9.17, 15) is 9.18 Å². The zero-order valence-electron chi connectivity index (χ0n) is 10.8. The van der Waals surface area contributed by atoms with Crippen molar-refractivity contribution in [1.29, 1.82) is 0 Å². The molecule has 0 saturated carbocycles. The van der Waals surface area contributed by atoms with Gasteiger partial charge in [0.05, 0.1) is 5.56 Å². The Morgan fingerprint density at radius 3 is 2.70 bits per heavy atom. The molecule has 2 N–H and O–H groups in total. The van der Waals surface area contributed by atoms with Crippen LogP contribution in [0.4, 0.5) is 10.1 Å². The van der Waals surface area contributed by atoms with Gasteiger partial charge in [0.2, 0.25) is 0 Å². The molecule has 0 aliphatic heterocycles. The highest BCUT2D eigenvalue weighted by molar-refractivity contribution is 6.30. The Kier molecular flexibility index (Phi) is 4.25. The van der Waals surface area contributed by atoms with Gasteiger partial charge in [-0.25, -0.2) is 9.18 Å². The van der Waals surface area contributed by atoms with E-state index in [0.717, 1.165) is 5.56 Å². The van der Waals surface area contributed by atoms with Crippen molar-refractivity contribution in [3.05, 3.63) is 63.9 Å². The Labute approximate surface area is 121 Å². The van der Waals surface area contributed by atoms with Crippen molar-refractivity contribution in [3.63, 3.8) is 0 Å². The number of aromatic carboxylic acids is 1. The highest BCUT2D eigenvalue weighted by atomic mass is 35.5. The van der Waals surface area contributed by atoms with Crippen LogP contribution in [0.5, 0.6) is 0 Å². The number of carboxylic acids is 1. The number of rotatable bonds is 4. The molecule has 0 spiro atoms. The van der Waals surface area contributed by atoms with E-state index in [0.29, 0.717) is 16.3 Å². The number of hydrogen-bond acceptors (Lipinski definition) is 2. The second kappa shape index (κ2) is 5.92. The Hall–Kier alpha value is -2.07. The van der Waals surface area contributed by atoms with Gasteiger partial charge >= 0.3 is 5.97 Å². The fourth-order valence-corrected chi connectivity index (χ4v) is 1.96. The zero-order chi connectivity index (χ0) is 14.7. The van der Waals surface area contributed by atoms with Crippen LogP contribution in [-0.2, 0) is 6.54 Å². The smallest absolute Gasteiger partial charge is 0.335 e. The average molecular weight is 294 g/mol. The second-order valence-electron chi connectivity index (χ2n) is 4.42. The fourth-order valence-electron chi connectivity index (χ4n) is 1.80. The number of carboxylic acid groups (broad SMARTS) is 1. The molecule has 2 aromatic rings. The van der Waals surface area contributed by atoms with Crippen LogP contribution >= 0.6 is 11.6 Å². The lowest BCUT2D eigenvalue weighted by atomic mass is 10.1. The molecule has 0 aliphatic rings. The summed E-state index contributed by atoms with van der Waals surface area (Å²) in [5.41, 5.74) is 2.22. The van der Waals surface area contributed by atoms with Crippen molar-refractivity contribution in [2.75, 3.05) is 5.32 Å². The molecule has 0 aromatic heterocycles. The molecular formula is C15H13ClFNO2. The molecule has 0 amide bonds. The van der Waals surface area contributed by atoms with Crippen LogP contribution < -0.4 is 5.32 Å². The normalized spacial score (nSPS) is 10.3. The first-order valence-corrected chi connectivity index (χ1v) is 6.37. The topological polar surface area (TPSA) is 49.3 Å². The molecule has 0 unspecified atom stereocenters. The predicted octanol–water partition coefficient (Wildman–Crippen LogP) is 4.10. The highest BCUT2D eigenvalue weighted by Gasteiger charge is 2.07. The van der Waals surface area contributed by atoms with Crippen LogP contribution in [0.2, 0.25) is 5.02 Å². The standard InChI is InChI=1S/C15H13ClFNO2/c1-9-2-3-10(15(19)20)6-14(9)18-8-11-4-5-12(16)7-13(11)17/h2-7,18H,8H2,1H3,(H,19,20). The van der Waals surface area contributed by atoms with E-state index in [1.165, 1.54) is 18.2 Å². The minimum atomic E-state index is -0.995. The molecule has 0 atom stereocenters. The number of aryl methyl sites for hydroxylation is 1. The lowest BCUT2D eigenvalue weighted by Crippen LogP contribution is -2.05. The first-order chi connectivity index (χ1) is 9.47. The van der Waals surface area contributed by atoms with Gasteiger partial charge in [-0.15, -0.1) is 0 Å². The SMILES string of the molecule is Cc1ccc(C(=O)O)cc1NCc1ccc(Cl)cc1F. The average Bonchev–Trinajstić information content (AvgIpc) is 2.39. The third-order valence-corrected chi connectivity index (χ3v) is 3.20. The van der Waals surface area contributed by atoms with Gasteiger partial charge in [-0.3, -0.25) is 0 Å². The minimum Gasteiger partial charge on any atom is -0.478 e. The summed E-state index contributed by atoms with van der Waals surface area (Å²) in [5.74, 6) is -1.39. The van der Waals surface area contributed by atoms with Gasteiger partial charge in [0.1, 0.15) is 5.82 Å². The quantitative estimate of drug-likeness (QED) is 0.892. The Bertz CT molecular complexity index is 658. The molecule has 0 saturated heterocycles. The number of halogens is 2. The molecule has 3 nitrogen and oxygen atoms in total. The molecule has 0 heterocycles. The Morgan fingerprint density at radius 1 is 1.30 bits per heavy atom. The van der Waals surface area contributed by atoms with Crippen molar-refractivity contribution in [2.24, 2.45) is 0 Å². The Balaban J connectivity index is 2.18. The molecule has 0 aliphatic carbocycles. The number of benzene rings is 2. The van der Waals surface area contributed by atoms with Crippen LogP contribution in [-0.4, -0.2) is 11.1 Å². The molecule has 5 heteroatoms. The lowest BCUT2D eigenvalue weighted by molar-refractivity contribution is 0.0697. The van der Waals surface area contributed by atoms with Crippen molar-refractivity contribution in [2.45, 2.75) is 13.5 Å². The summed E-state index contributed by atoms with van der Waals surface area (Å²) in [7, 11) is 0. The van der Waals surface area contributed by atoms with E-state index in [-0.39, 0.29) is 12.1 Å². The van der Waals surface area contributed by atoms with Gasteiger partial charge in [-0.2, -0.15) is 0 Å². The molecule has 0 bridgehead atoms. The van der Waals surface area contributed by atoms with E-state index in [1.807, 2.05) is 6.92 Å². The first-order valence-electron chi connectivity index (χ1n) is 5.99. The maximum Gasteiger partial charge on any atom is 0.335 e. The molecule has 104 valence electrons. The van der Waals surface area contributed by atoms with Crippen LogP contribution in [0, 0.1) is 12.7 Å².